The van der Waals surface area contributed by atoms with Crippen LogP contribution >= 0.6 is 79.1 Å². The summed E-state index contributed by atoms with van der Waals surface area (Å²) in [7, 11) is 0. The first kappa shape index (κ1) is 13.8. The number of halogens is 7. The molecule has 0 aliphatic heterocycles. The maximum Gasteiger partial charge on any atom is 0.440 e. The van der Waals surface area contributed by atoms with Crippen LogP contribution in [0.3, 0.4) is 0 Å². The van der Waals surface area contributed by atoms with Crippen LogP contribution in [0.25, 0.3) is 0 Å². The summed E-state index contributed by atoms with van der Waals surface area (Å²) in [5.41, 5.74) is 0. The molecular weight excluding hydrogens is 288 g/mol. The molecule has 0 amide bonds. The third-order valence-corrected chi connectivity index (χ3v) is 0. The van der Waals surface area contributed by atoms with Crippen molar-refractivity contribution in [1.29, 1.82) is 0 Å². The van der Waals surface area contributed by atoms with Crippen molar-refractivity contribution in [2.75, 3.05) is 0 Å². The molecule has 0 aliphatic rings. The molecule has 0 atom stereocenters. The summed E-state index contributed by atoms with van der Waals surface area (Å²) < 4.78 is -0.750. The molecule has 0 aromatic carbocycles. The predicted octanol–water partition coefficient (Wildman–Crippen LogP) is 4.36. The summed E-state index contributed by atoms with van der Waals surface area (Å²) in [4.78, 5) is 0. The first-order valence-corrected chi connectivity index (χ1v) is 8.77. The summed E-state index contributed by atoms with van der Waals surface area (Å²) in [5.74, 6) is 0. The van der Waals surface area contributed by atoms with Crippen molar-refractivity contribution in [1.82, 2.24) is 0 Å². The average Bonchev–Trinajstić information content (AvgIpc) is 1.19. The molecule has 0 bridgehead atoms. The monoisotopic (exact) mass is 286 g/mol. The second kappa shape index (κ2) is 6.93. The van der Waals surface area contributed by atoms with E-state index in [4.69, 9.17) is 79.1 Å². The summed E-state index contributed by atoms with van der Waals surface area (Å²) in [5, 5.41) is -2.72. The van der Waals surface area contributed by atoms with Gasteiger partial charge in [0.25, 0.3) is 0 Å². The van der Waals surface area contributed by atoms with E-state index in [0.717, 1.165) is 0 Å². The zero-order valence-electron chi connectivity index (χ0n) is 3.72. The number of hydrogen-bond acceptors (Lipinski definition) is 0. The van der Waals surface area contributed by atoms with Crippen LogP contribution in [0.5, 0.6) is 0 Å². The number of alkyl halides is 3. The number of hydrogen-bond donors (Lipinski definition) is 0. The second-order valence-electron chi connectivity index (χ2n) is 0.676. The van der Waals surface area contributed by atoms with E-state index in [9.17, 15) is 0 Å². The second-order valence-corrected chi connectivity index (χ2v) is 13.8. The summed E-state index contributed by atoms with van der Waals surface area (Å²) in [6.45, 7) is 0. The lowest BCUT2D eigenvalue weighted by atomic mass is 11.9. The van der Waals surface area contributed by atoms with E-state index >= 15 is 0 Å². The fourth-order valence-corrected chi connectivity index (χ4v) is 0. The highest BCUT2D eigenvalue weighted by atomic mass is 36.0. The fraction of sp³-hybridized carbons (Fsp3) is 1.00. The molecule has 0 radical (unpaired) electrons. The predicted molar refractivity (Wildman–Crippen MR) is 50.5 cm³/mol. The SMILES string of the molecule is ClC(Cl)Cl.Cl[Si](Cl)(Cl)Cl. The Balaban J connectivity index is 0. The van der Waals surface area contributed by atoms with Crippen molar-refractivity contribution in [2.45, 2.75) is 4.30 Å². The maximum absolute atomic E-state index is 4.97. The molecule has 0 N–H and O–H groups in total. The van der Waals surface area contributed by atoms with E-state index in [-0.39, 0.29) is 0 Å². The van der Waals surface area contributed by atoms with Crippen molar-refractivity contribution in [3.63, 3.8) is 0 Å². The van der Waals surface area contributed by atoms with Crippen molar-refractivity contribution in [3.8, 4) is 0 Å². The third kappa shape index (κ3) is 138. The van der Waals surface area contributed by atoms with Gasteiger partial charge in [-0.25, -0.2) is 0 Å². The number of rotatable bonds is 0. The maximum atomic E-state index is 4.97. The van der Waals surface area contributed by atoms with Gasteiger partial charge in [-0.3, -0.25) is 0 Å². The first-order valence-electron chi connectivity index (χ1n) is 1.41. The lowest BCUT2D eigenvalue weighted by Crippen LogP contribution is -1.91. The molecule has 0 aromatic rings. The Hall–Kier alpha value is 2.25. The zero-order valence-corrected chi connectivity index (χ0v) is 10.0. The highest BCUT2D eigenvalue weighted by Gasteiger charge is 2.19. The minimum Gasteiger partial charge on any atom is -0.110 e. The van der Waals surface area contributed by atoms with E-state index in [1.165, 1.54) is 0 Å². The molecular formula is CHCl7Si. The molecule has 0 aromatic heterocycles. The molecule has 0 saturated heterocycles. The van der Waals surface area contributed by atoms with Gasteiger partial charge in [0.2, 0.25) is 0 Å². The van der Waals surface area contributed by atoms with Gasteiger partial charge in [-0.05, 0) is 0 Å². The molecule has 0 aliphatic carbocycles. The summed E-state index contributed by atoms with van der Waals surface area (Å²) in [6, 6.07) is 0. The van der Waals surface area contributed by atoms with Gasteiger partial charge in [0.15, 0.2) is 4.30 Å². The highest BCUT2D eigenvalue weighted by molar-refractivity contribution is 7.81. The van der Waals surface area contributed by atoms with Crippen LogP contribution < -0.4 is 0 Å². The molecule has 0 heterocycles. The van der Waals surface area contributed by atoms with Crippen molar-refractivity contribution >= 4 is 84.4 Å². The Kier molecular flexibility index (Phi) is 10.6. The summed E-state index contributed by atoms with van der Waals surface area (Å²) >= 11 is 34.3. The van der Waals surface area contributed by atoms with Gasteiger partial charge in [-0.1, -0.05) is 34.8 Å². The largest absolute Gasteiger partial charge is 0.440 e. The molecule has 0 unspecified atom stereocenters. The summed E-state index contributed by atoms with van der Waals surface area (Å²) in [6.07, 6.45) is 0. The van der Waals surface area contributed by atoms with Crippen molar-refractivity contribution in [3.05, 3.63) is 0 Å². The van der Waals surface area contributed by atoms with Crippen molar-refractivity contribution in [2.24, 2.45) is 0 Å². The van der Waals surface area contributed by atoms with Crippen LogP contribution in [0.4, 0.5) is 0 Å². The Morgan fingerprint density at radius 3 is 0.778 bits per heavy atom. The minimum atomic E-state index is -2.72. The molecule has 8 heteroatoms. The van der Waals surface area contributed by atoms with Crippen LogP contribution in [0.1, 0.15) is 0 Å². The van der Waals surface area contributed by atoms with Crippen molar-refractivity contribution < 1.29 is 0 Å². The van der Waals surface area contributed by atoms with Gasteiger partial charge in [0, 0.05) is 0 Å². The van der Waals surface area contributed by atoms with E-state index < -0.39 is 9.61 Å². The zero-order chi connectivity index (χ0) is 8.08. The van der Waals surface area contributed by atoms with Gasteiger partial charge in [-0.15, -0.1) is 44.3 Å². The Morgan fingerprint density at radius 2 is 0.778 bits per heavy atom. The highest BCUT2D eigenvalue weighted by Crippen LogP contribution is 2.23. The third-order valence-electron chi connectivity index (χ3n) is 0. The van der Waals surface area contributed by atoms with Gasteiger partial charge >= 0.3 is 5.31 Å². The molecule has 0 fully saturated rings. The van der Waals surface area contributed by atoms with E-state index in [1.807, 2.05) is 0 Å². The molecule has 0 rings (SSSR count). The Morgan fingerprint density at radius 1 is 0.778 bits per heavy atom. The fourth-order valence-electron chi connectivity index (χ4n) is 0. The van der Waals surface area contributed by atoms with Crippen LogP contribution in [-0.2, 0) is 0 Å². The van der Waals surface area contributed by atoms with Gasteiger partial charge < -0.3 is 0 Å². The molecule has 0 nitrogen and oxygen atoms in total. The normalized spacial score (nSPS) is 10.7. The standard InChI is InChI=1S/CHCl3.Cl4Si/c2-1(3)4;1-5(2,3)4/h1H;. The van der Waals surface area contributed by atoms with Crippen LogP contribution in [0.15, 0.2) is 0 Å². The average molecular weight is 289 g/mol. The van der Waals surface area contributed by atoms with E-state index in [1.54, 1.807) is 0 Å². The van der Waals surface area contributed by atoms with E-state index in [2.05, 4.69) is 0 Å². The first-order chi connectivity index (χ1) is 3.73. The Bertz CT molecular complexity index is 45.7. The Labute approximate surface area is 88.1 Å². The van der Waals surface area contributed by atoms with Crippen LogP contribution in [-0.4, -0.2) is 9.61 Å². The van der Waals surface area contributed by atoms with Crippen LogP contribution in [0, 0.1) is 0 Å². The topological polar surface area (TPSA) is 0 Å². The van der Waals surface area contributed by atoms with Crippen LogP contribution in [0.2, 0.25) is 0 Å². The lowest BCUT2D eigenvalue weighted by molar-refractivity contribution is 1.96. The molecule has 58 valence electrons. The quantitative estimate of drug-likeness (QED) is 0.353. The van der Waals surface area contributed by atoms with E-state index in [0.29, 0.717) is 0 Å². The minimum absolute atomic E-state index is 0.750. The van der Waals surface area contributed by atoms with Gasteiger partial charge in [0.05, 0.1) is 0 Å². The smallest absolute Gasteiger partial charge is 0.110 e. The lowest BCUT2D eigenvalue weighted by Gasteiger charge is -1.85. The van der Waals surface area contributed by atoms with Gasteiger partial charge in [0.1, 0.15) is 0 Å². The van der Waals surface area contributed by atoms with Gasteiger partial charge in [-0.2, -0.15) is 0 Å². The molecule has 0 saturated carbocycles. The molecule has 0 spiro atoms. The molecule has 9 heavy (non-hydrogen) atoms.